The van der Waals surface area contributed by atoms with E-state index in [0.717, 1.165) is 11.3 Å². The van der Waals surface area contributed by atoms with Crippen molar-refractivity contribution in [2.45, 2.75) is 33.0 Å². The van der Waals surface area contributed by atoms with Gasteiger partial charge in [-0.05, 0) is 44.5 Å². The van der Waals surface area contributed by atoms with Gasteiger partial charge in [0, 0.05) is 11.8 Å². The number of aliphatic hydroxyl groups excluding tert-OH is 1. The molecule has 0 aliphatic carbocycles. The van der Waals surface area contributed by atoms with Gasteiger partial charge in [-0.25, -0.2) is 0 Å². The maximum Gasteiger partial charge on any atom is 0.138 e. The fourth-order valence-electron chi connectivity index (χ4n) is 2.03. The minimum Gasteiger partial charge on any atom is -0.494 e. The Labute approximate surface area is 125 Å². The number of aromatic nitrogens is 1. The minimum atomic E-state index is -0.733. The van der Waals surface area contributed by atoms with Gasteiger partial charge in [0.1, 0.15) is 17.6 Å². The van der Waals surface area contributed by atoms with E-state index < -0.39 is 6.10 Å². The van der Waals surface area contributed by atoms with Crippen LogP contribution < -0.4 is 9.47 Å². The Morgan fingerprint density at radius 2 is 1.76 bits per heavy atom. The molecule has 0 fully saturated rings. The van der Waals surface area contributed by atoms with Gasteiger partial charge in [0.15, 0.2) is 0 Å². The Hall–Kier alpha value is -2.07. The zero-order valence-corrected chi connectivity index (χ0v) is 12.6. The summed E-state index contributed by atoms with van der Waals surface area (Å²) in [5.74, 6) is 1.45. The third kappa shape index (κ3) is 4.20. The smallest absolute Gasteiger partial charge is 0.138 e. The van der Waals surface area contributed by atoms with Crippen LogP contribution >= 0.6 is 0 Å². The van der Waals surface area contributed by atoms with Gasteiger partial charge in [-0.1, -0.05) is 12.1 Å². The summed E-state index contributed by atoms with van der Waals surface area (Å²) in [7, 11) is 0. The van der Waals surface area contributed by atoms with Crippen LogP contribution in [-0.2, 0) is 0 Å². The number of nitrogens with zero attached hydrogens (tertiary/aromatic N) is 1. The standard InChI is InChI=1S/C17H21NO3/c1-4-20-15-7-5-13(6-8-15)17(19)14-9-16(11-18-10-14)21-12(2)3/h5-12,17,19H,4H2,1-3H3. The van der Waals surface area contributed by atoms with Crippen LogP contribution in [0.25, 0.3) is 0 Å². The van der Waals surface area contributed by atoms with Gasteiger partial charge in [-0.15, -0.1) is 0 Å². The molecular weight excluding hydrogens is 266 g/mol. The van der Waals surface area contributed by atoms with Gasteiger partial charge in [0.05, 0.1) is 18.9 Å². The van der Waals surface area contributed by atoms with Crippen LogP contribution in [0.15, 0.2) is 42.7 Å². The number of rotatable bonds is 6. The first-order valence-corrected chi connectivity index (χ1v) is 7.12. The third-order valence-electron chi connectivity index (χ3n) is 2.93. The first-order valence-electron chi connectivity index (χ1n) is 7.12. The summed E-state index contributed by atoms with van der Waals surface area (Å²) in [4.78, 5) is 4.12. The summed E-state index contributed by atoms with van der Waals surface area (Å²) in [6.07, 6.45) is 2.64. The molecule has 1 aromatic heterocycles. The summed E-state index contributed by atoms with van der Waals surface area (Å²) >= 11 is 0. The Bertz CT molecular complexity index is 567. The largest absolute Gasteiger partial charge is 0.494 e. The molecule has 2 aromatic rings. The van der Waals surface area contributed by atoms with Crippen molar-refractivity contribution in [1.82, 2.24) is 4.98 Å². The lowest BCUT2D eigenvalue weighted by molar-refractivity contribution is 0.215. The van der Waals surface area contributed by atoms with Crippen LogP contribution in [0.5, 0.6) is 11.5 Å². The van der Waals surface area contributed by atoms with E-state index in [0.29, 0.717) is 17.9 Å². The maximum absolute atomic E-state index is 10.4. The van der Waals surface area contributed by atoms with E-state index in [-0.39, 0.29) is 6.10 Å². The van der Waals surface area contributed by atoms with Crippen molar-refractivity contribution in [3.05, 3.63) is 53.9 Å². The molecular formula is C17H21NO3. The molecule has 1 N–H and O–H groups in total. The molecule has 0 aliphatic rings. The van der Waals surface area contributed by atoms with Crippen molar-refractivity contribution < 1.29 is 14.6 Å². The Morgan fingerprint density at radius 1 is 1.05 bits per heavy atom. The van der Waals surface area contributed by atoms with Gasteiger partial charge < -0.3 is 14.6 Å². The first kappa shape index (κ1) is 15.3. The van der Waals surface area contributed by atoms with E-state index in [9.17, 15) is 5.11 Å². The normalized spacial score (nSPS) is 12.2. The molecule has 1 atom stereocenters. The highest BCUT2D eigenvalue weighted by Crippen LogP contribution is 2.26. The van der Waals surface area contributed by atoms with Gasteiger partial charge in [0.25, 0.3) is 0 Å². The molecule has 0 radical (unpaired) electrons. The highest BCUT2D eigenvalue weighted by Gasteiger charge is 2.12. The van der Waals surface area contributed by atoms with Crippen molar-refractivity contribution in [2.75, 3.05) is 6.61 Å². The predicted molar refractivity (Wildman–Crippen MR) is 81.7 cm³/mol. The fourth-order valence-corrected chi connectivity index (χ4v) is 2.03. The van der Waals surface area contributed by atoms with Crippen LogP contribution in [0.4, 0.5) is 0 Å². The van der Waals surface area contributed by atoms with Crippen LogP contribution in [0.3, 0.4) is 0 Å². The number of aliphatic hydroxyl groups is 1. The van der Waals surface area contributed by atoms with Crippen LogP contribution in [0.2, 0.25) is 0 Å². The van der Waals surface area contributed by atoms with E-state index in [2.05, 4.69) is 4.98 Å². The van der Waals surface area contributed by atoms with E-state index >= 15 is 0 Å². The second-order valence-electron chi connectivity index (χ2n) is 5.03. The highest BCUT2D eigenvalue weighted by atomic mass is 16.5. The molecule has 2 rings (SSSR count). The topological polar surface area (TPSA) is 51.6 Å². The monoisotopic (exact) mass is 287 g/mol. The van der Waals surface area contributed by atoms with Crippen LogP contribution in [0.1, 0.15) is 38.0 Å². The van der Waals surface area contributed by atoms with Crippen LogP contribution in [-0.4, -0.2) is 22.8 Å². The molecule has 0 spiro atoms. The van der Waals surface area contributed by atoms with Crippen molar-refractivity contribution >= 4 is 0 Å². The molecule has 0 amide bonds. The number of ether oxygens (including phenoxy) is 2. The molecule has 1 heterocycles. The predicted octanol–water partition coefficient (Wildman–Crippen LogP) is 3.35. The van der Waals surface area contributed by atoms with E-state index in [1.807, 2.05) is 51.1 Å². The molecule has 0 bridgehead atoms. The number of hydrogen-bond donors (Lipinski definition) is 1. The summed E-state index contributed by atoms with van der Waals surface area (Å²) in [6, 6.07) is 9.22. The molecule has 112 valence electrons. The molecule has 1 aromatic carbocycles. The highest BCUT2D eigenvalue weighted by molar-refractivity contribution is 5.35. The lowest BCUT2D eigenvalue weighted by Crippen LogP contribution is -2.07. The Balaban J connectivity index is 2.16. The van der Waals surface area contributed by atoms with E-state index in [4.69, 9.17) is 9.47 Å². The number of hydrogen-bond acceptors (Lipinski definition) is 4. The van der Waals surface area contributed by atoms with Gasteiger partial charge in [-0.3, -0.25) is 4.98 Å². The van der Waals surface area contributed by atoms with Gasteiger partial charge >= 0.3 is 0 Å². The van der Waals surface area contributed by atoms with Crippen LogP contribution in [0, 0.1) is 0 Å². The second kappa shape index (κ2) is 7.09. The zero-order chi connectivity index (χ0) is 15.2. The molecule has 1 unspecified atom stereocenters. The van der Waals surface area contributed by atoms with Crippen molar-refractivity contribution in [1.29, 1.82) is 0 Å². The van der Waals surface area contributed by atoms with E-state index in [1.165, 1.54) is 0 Å². The first-order chi connectivity index (χ1) is 10.1. The molecule has 4 nitrogen and oxygen atoms in total. The summed E-state index contributed by atoms with van der Waals surface area (Å²) in [5, 5.41) is 10.4. The van der Waals surface area contributed by atoms with E-state index in [1.54, 1.807) is 12.4 Å². The maximum atomic E-state index is 10.4. The fraction of sp³-hybridized carbons (Fsp3) is 0.353. The number of pyridine rings is 1. The zero-order valence-electron chi connectivity index (χ0n) is 12.6. The average molecular weight is 287 g/mol. The quantitative estimate of drug-likeness (QED) is 0.885. The van der Waals surface area contributed by atoms with Crippen molar-refractivity contribution in [3.8, 4) is 11.5 Å². The third-order valence-corrected chi connectivity index (χ3v) is 2.93. The molecule has 0 saturated carbocycles. The Kier molecular flexibility index (Phi) is 5.17. The molecule has 0 saturated heterocycles. The molecule has 21 heavy (non-hydrogen) atoms. The minimum absolute atomic E-state index is 0.0738. The SMILES string of the molecule is CCOc1ccc(C(O)c2cncc(OC(C)C)c2)cc1. The van der Waals surface area contributed by atoms with Crippen molar-refractivity contribution in [3.63, 3.8) is 0 Å². The number of benzene rings is 1. The summed E-state index contributed by atoms with van der Waals surface area (Å²) < 4.78 is 11.0. The lowest BCUT2D eigenvalue weighted by atomic mass is 10.0. The van der Waals surface area contributed by atoms with Gasteiger partial charge in [-0.2, -0.15) is 0 Å². The second-order valence-corrected chi connectivity index (χ2v) is 5.03. The summed E-state index contributed by atoms with van der Waals surface area (Å²) in [6.45, 7) is 6.47. The molecule has 0 aliphatic heterocycles. The average Bonchev–Trinajstić information content (AvgIpc) is 2.47. The van der Waals surface area contributed by atoms with Crippen molar-refractivity contribution in [2.24, 2.45) is 0 Å². The molecule has 4 heteroatoms. The lowest BCUT2D eigenvalue weighted by Gasteiger charge is -2.14. The van der Waals surface area contributed by atoms with Gasteiger partial charge in [0.2, 0.25) is 0 Å². The Morgan fingerprint density at radius 3 is 2.38 bits per heavy atom. The summed E-state index contributed by atoms with van der Waals surface area (Å²) in [5.41, 5.74) is 1.50.